The van der Waals surface area contributed by atoms with E-state index in [2.05, 4.69) is 20.8 Å². The van der Waals surface area contributed by atoms with Crippen LogP contribution in [0.5, 0.6) is 5.75 Å². The number of nitrogens with zero attached hydrogens (tertiary/aromatic N) is 2. The third-order valence-electron chi connectivity index (χ3n) is 4.05. The molecule has 0 spiro atoms. The van der Waals surface area contributed by atoms with Crippen LogP contribution in [0.1, 0.15) is 32.8 Å². The Balaban J connectivity index is 1.89. The van der Waals surface area contributed by atoms with Crippen molar-refractivity contribution in [3.8, 4) is 5.75 Å². The van der Waals surface area contributed by atoms with Gasteiger partial charge >= 0.3 is 0 Å². The van der Waals surface area contributed by atoms with E-state index in [-0.39, 0.29) is 5.91 Å². The van der Waals surface area contributed by atoms with Gasteiger partial charge in [0.05, 0.1) is 17.2 Å². The molecule has 1 aliphatic rings. The fourth-order valence-corrected chi connectivity index (χ4v) is 3.80. The zero-order chi connectivity index (χ0) is 19.9. The Labute approximate surface area is 171 Å². The molecular formula is C23H26N2O2S. The SMILES string of the molecule is CCCOc1cccc(/C=C2/SC(=Nc3ccccc3)N(CC(C)C)C2=O)c1. The van der Waals surface area contributed by atoms with Gasteiger partial charge in [0, 0.05) is 6.54 Å². The molecule has 5 heteroatoms. The van der Waals surface area contributed by atoms with Crippen LogP contribution in [0.4, 0.5) is 5.69 Å². The Kier molecular flexibility index (Phi) is 6.93. The summed E-state index contributed by atoms with van der Waals surface area (Å²) in [7, 11) is 0. The van der Waals surface area contributed by atoms with Gasteiger partial charge in [-0.25, -0.2) is 4.99 Å². The van der Waals surface area contributed by atoms with E-state index in [0.717, 1.165) is 28.6 Å². The van der Waals surface area contributed by atoms with E-state index < -0.39 is 0 Å². The smallest absolute Gasteiger partial charge is 0.266 e. The standard InChI is InChI=1S/C23H26N2O2S/c1-4-13-27-20-12-8-9-18(14-20)15-21-22(26)25(16-17(2)3)23(28-21)24-19-10-6-5-7-11-19/h5-12,14-15,17H,4,13,16H2,1-3H3/b21-15+,24-23?. The number of hydrogen-bond acceptors (Lipinski definition) is 4. The summed E-state index contributed by atoms with van der Waals surface area (Å²) < 4.78 is 5.71. The Bertz CT molecular complexity index is 875. The van der Waals surface area contributed by atoms with Crippen molar-refractivity contribution in [1.82, 2.24) is 4.90 Å². The maximum absolute atomic E-state index is 13.0. The minimum absolute atomic E-state index is 0.00765. The molecule has 0 aromatic heterocycles. The molecule has 0 atom stereocenters. The molecule has 3 rings (SSSR count). The fraction of sp³-hybridized carbons (Fsp3) is 0.304. The highest BCUT2D eigenvalue weighted by atomic mass is 32.2. The van der Waals surface area contributed by atoms with Crippen molar-refractivity contribution in [2.24, 2.45) is 10.9 Å². The van der Waals surface area contributed by atoms with Gasteiger partial charge in [-0.05, 0) is 60.0 Å². The Morgan fingerprint density at radius 1 is 1.14 bits per heavy atom. The summed E-state index contributed by atoms with van der Waals surface area (Å²) in [5.74, 6) is 1.19. The van der Waals surface area contributed by atoms with Crippen molar-refractivity contribution in [3.63, 3.8) is 0 Å². The Morgan fingerprint density at radius 2 is 1.93 bits per heavy atom. The summed E-state index contributed by atoms with van der Waals surface area (Å²) in [6, 6.07) is 17.6. The monoisotopic (exact) mass is 394 g/mol. The first-order valence-corrected chi connectivity index (χ1v) is 10.5. The van der Waals surface area contributed by atoms with Crippen LogP contribution in [0.25, 0.3) is 6.08 Å². The van der Waals surface area contributed by atoms with E-state index in [0.29, 0.717) is 24.0 Å². The van der Waals surface area contributed by atoms with E-state index >= 15 is 0 Å². The number of hydrogen-bond donors (Lipinski definition) is 0. The molecule has 0 unspecified atom stereocenters. The molecule has 0 bridgehead atoms. The number of thioether (sulfide) groups is 1. The van der Waals surface area contributed by atoms with Crippen molar-refractivity contribution in [1.29, 1.82) is 0 Å². The van der Waals surface area contributed by atoms with Crippen molar-refractivity contribution >= 4 is 34.6 Å². The maximum Gasteiger partial charge on any atom is 0.266 e. The second kappa shape index (κ2) is 9.60. The van der Waals surface area contributed by atoms with Crippen LogP contribution in [0, 0.1) is 5.92 Å². The van der Waals surface area contributed by atoms with E-state index in [4.69, 9.17) is 9.73 Å². The average molecular weight is 395 g/mol. The topological polar surface area (TPSA) is 41.9 Å². The average Bonchev–Trinajstić information content (AvgIpc) is 2.96. The molecule has 1 heterocycles. The third kappa shape index (κ3) is 5.26. The zero-order valence-corrected chi connectivity index (χ0v) is 17.4. The minimum atomic E-state index is 0.00765. The first-order chi connectivity index (χ1) is 13.6. The van der Waals surface area contributed by atoms with Gasteiger partial charge in [0.1, 0.15) is 5.75 Å². The lowest BCUT2D eigenvalue weighted by molar-refractivity contribution is -0.122. The predicted octanol–water partition coefficient (Wildman–Crippen LogP) is 5.74. The van der Waals surface area contributed by atoms with Gasteiger partial charge in [0.15, 0.2) is 5.17 Å². The highest BCUT2D eigenvalue weighted by Crippen LogP contribution is 2.35. The fourth-order valence-electron chi connectivity index (χ4n) is 2.80. The number of ether oxygens (including phenoxy) is 1. The number of rotatable bonds is 7. The highest BCUT2D eigenvalue weighted by Gasteiger charge is 2.33. The van der Waals surface area contributed by atoms with Crippen molar-refractivity contribution < 1.29 is 9.53 Å². The quantitative estimate of drug-likeness (QED) is 0.563. The minimum Gasteiger partial charge on any atom is -0.494 e. The molecule has 1 aliphatic heterocycles. The lowest BCUT2D eigenvalue weighted by Crippen LogP contribution is -2.32. The molecular weight excluding hydrogens is 368 g/mol. The molecule has 0 aliphatic carbocycles. The van der Waals surface area contributed by atoms with Crippen LogP contribution in [0.2, 0.25) is 0 Å². The second-order valence-electron chi connectivity index (χ2n) is 7.07. The van der Waals surface area contributed by atoms with Gasteiger partial charge < -0.3 is 4.74 Å². The van der Waals surface area contributed by atoms with E-state index in [1.54, 1.807) is 4.90 Å². The van der Waals surface area contributed by atoms with Crippen molar-refractivity contribution in [2.75, 3.05) is 13.2 Å². The zero-order valence-electron chi connectivity index (χ0n) is 16.6. The summed E-state index contributed by atoms with van der Waals surface area (Å²) in [5.41, 5.74) is 1.80. The third-order valence-corrected chi connectivity index (χ3v) is 5.05. The number of benzene rings is 2. The molecule has 28 heavy (non-hydrogen) atoms. The largest absolute Gasteiger partial charge is 0.494 e. The number of para-hydroxylation sites is 1. The summed E-state index contributed by atoms with van der Waals surface area (Å²) in [6.45, 7) is 7.62. The van der Waals surface area contributed by atoms with Crippen molar-refractivity contribution in [3.05, 3.63) is 65.1 Å². The molecule has 1 saturated heterocycles. The van der Waals surface area contributed by atoms with Gasteiger partial charge in [-0.1, -0.05) is 51.1 Å². The highest BCUT2D eigenvalue weighted by molar-refractivity contribution is 8.18. The van der Waals surface area contributed by atoms with Crippen LogP contribution >= 0.6 is 11.8 Å². The predicted molar refractivity (Wildman–Crippen MR) is 118 cm³/mol. The van der Waals surface area contributed by atoms with Gasteiger partial charge in [-0.15, -0.1) is 0 Å². The molecule has 2 aromatic rings. The molecule has 0 radical (unpaired) electrons. The number of carbonyl (C=O) groups excluding carboxylic acids is 1. The molecule has 4 nitrogen and oxygen atoms in total. The van der Waals surface area contributed by atoms with E-state index in [1.807, 2.05) is 60.7 Å². The number of aliphatic imine (C=N–C) groups is 1. The molecule has 1 fully saturated rings. The summed E-state index contributed by atoms with van der Waals surface area (Å²) >= 11 is 1.43. The lowest BCUT2D eigenvalue weighted by atomic mass is 10.2. The summed E-state index contributed by atoms with van der Waals surface area (Å²) in [5, 5.41) is 0.731. The number of amidine groups is 1. The van der Waals surface area contributed by atoms with Crippen LogP contribution in [-0.2, 0) is 4.79 Å². The van der Waals surface area contributed by atoms with Crippen LogP contribution in [0.3, 0.4) is 0 Å². The lowest BCUT2D eigenvalue weighted by Gasteiger charge is -2.17. The maximum atomic E-state index is 13.0. The normalized spacial score (nSPS) is 17.1. The molecule has 0 N–H and O–H groups in total. The molecule has 0 saturated carbocycles. The van der Waals surface area contributed by atoms with Gasteiger partial charge in [0.25, 0.3) is 5.91 Å². The first kappa shape index (κ1) is 20.2. The first-order valence-electron chi connectivity index (χ1n) is 9.65. The van der Waals surface area contributed by atoms with Gasteiger partial charge in [-0.3, -0.25) is 9.69 Å². The van der Waals surface area contributed by atoms with Gasteiger partial charge in [0.2, 0.25) is 0 Å². The molecule has 146 valence electrons. The number of carbonyl (C=O) groups is 1. The van der Waals surface area contributed by atoms with E-state index in [9.17, 15) is 4.79 Å². The number of amides is 1. The van der Waals surface area contributed by atoms with Crippen LogP contribution in [-0.4, -0.2) is 29.1 Å². The van der Waals surface area contributed by atoms with Crippen LogP contribution < -0.4 is 4.74 Å². The Morgan fingerprint density at radius 3 is 2.64 bits per heavy atom. The second-order valence-corrected chi connectivity index (χ2v) is 8.08. The Hall–Kier alpha value is -2.53. The van der Waals surface area contributed by atoms with Gasteiger partial charge in [-0.2, -0.15) is 0 Å². The van der Waals surface area contributed by atoms with Crippen molar-refractivity contribution in [2.45, 2.75) is 27.2 Å². The van der Waals surface area contributed by atoms with E-state index in [1.165, 1.54) is 11.8 Å². The summed E-state index contributed by atoms with van der Waals surface area (Å²) in [6.07, 6.45) is 2.88. The molecule has 1 amide bonds. The molecule has 2 aromatic carbocycles. The van der Waals surface area contributed by atoms with Crippen LogP contribution in [0.15, 0.2) is 64.5 Å². The summed E-state index contributed by atoms with van der Waals surface area (Å²) in [4.78, 5) is 20.2.